The van der Waals surface area contributed by atoms with Gasteiger partial charge in [0.05, 0.1) is 27.8 Å². The van der Waals surface area contributed by atoms with Gasteiger partial charge in [0, 0.05) is 32.7 Å². The lowest BCUT2D eigenvalue weighted by Crippen LogP contribution is -2.10. The summed E-state index contributed by atoms with van der Waals surface area (Å²) >= 11 is 0. The van der Waals surface area contributed by atoms with Crippen molar-refractivity contribution < 1.29 is 0 Å². The van der Waals surface area contributed by atoms with Crippen LogP contribution in [0.2, 0.25) is 0 Å². The van der Waals surface area contributed by atoms with Crippen molar-refractivity contribution in [2.24, 2.45) is 0 Å². The van der Waals surface area contributed by atoms with E-state index in [9.17, 15) is 0 Å². The van der Waals surface area contributed by atoms with E-state index in [1.54, 1.807) is 0 Å². The summed E-state index contributed by atoms with van der Waals surface area (Å²) < 4.78 is 4.65. The summed E-state index contributed by atoms with van der Waals surface area (Å²) in [6, 6.07) is 85.3. The van der Waals surface area contributed by atoms with Crippen LogP contribution in [0.5, 0.6) is 0 Å². The van der Waals surface area contributed by atoms with Crippen LogP contribution in [0, 0.1) is 0 Å². The molecule has 76 heavy (non-hydrogen) atoms. The highest BCUT2D eigenvalue weighted by Gasteiger charge is 2.25. The summed E-state index contributed by atoms with van der Waals surface area (Å²) in [6.45, 7) is 13.7. The lowest BCUT2D eigenvalue weighted by molar-refractivity contribution is 0.590. The van der Waals surface area contributed by atoms with Crippen molar-refractivity contribution in [3.8, 4) is 78.9 Å². The zero-order valence-corrected chi connectivity index (χ0v) is 43.8. The molecule has 3 aromatic heterocycles. The third kappa shape index (κ3) is 8.16. The molecule has 0 radical (unpaired) electrons. The Kier molecular flexibility index (Phi) is 11.2. The Labute approximate surface area is 444 Å². The molecule has 0 spiro atoms. The fourth-order valence-electron chi connectivity index (χ4n) is 11.2. The van der Waals surface area contributed by atoms with Gasteiger partial charge in [-0.25, -0.2) is 4.98 Å². The van der Waals surface area contributed by atoms with Crippen LogP contribution in [0.4, 0.5) is 0 Å². The second-order valence-electron chi connectivity index (χ2n) is 22.1. The van der Waals surface area contributed by atoms with Gasteiger partial charge >= 0.3 is 0 Å². The average Bonchev–Trinajstić information content (AvgIpc) is 4.07. The number of aromatic nitrogens is 5. The quantitative estimate of drug-likeness (QED) is 0.152. The van der Waals surface area contributed by atoms with Gasteiger partial charge in [-0.05, 0) is 127 Å². The molecule has 5 nitrogen and oxygen atoms in total. The normalized spacial score (nSPS) is 12.1. The number of benzene rings is 10. The molecule has 13 rings (SSSR count). The predicted molar refractivity (Wildman–Crippen MR) is 319 cm³/mol. The Morgan fingerprint density at radius 2 is 0.632 bits per heavy atom. The zero-order valence-electron chi connectivity index (χ0n) is 43.8. The van der Waals surface area contributed by atoms with Crippen molar-refractivity contribution in [2.75, 3.05) is 0 Å². The van der Waals surface area contributed by atoms with Crippen molar-refractivity contribution >= 4 is 43.6 Å². The Hall–Kier alpha value is -9.19. The highest BCUT2D eigenvalue weighted by atomic mass is 15.2. The number of nitrogens with zero attached hydrogens (tertiary/aromatic N) is 5. The predicted octanol–water partition coefficient (Wildman–Crippen LogP) is 18.7. The molecule has 0 N–H and O–H groups in total. The second-order valence-corrected chi connectivity index (χ2v) is 22.1. The maximum atomic E-state index is 5.59. The minimum Gasteiger partial charge on any atom is -0.309 e. The summed E-state index contributed by atoms with van der Waals surface area (Å²) in [5.41, 5.74) is 19.0. The van der Waals surface area contributed by atoms with E-state index in [0.29, 0.717) is 17.6 Å². The molecule has 0 fully saturated rings. The van der Waals surface area contributed by atoms with E-state index >= 15 is 0 Å². The van der Waals surface area contributed by atoms with E-state index < -0.39 is 0 Å². The molecule has 13 aromatic rings. The van der Waals surface area contributed by atoms with Gasteiger partial charge in [-0.15, -0.1) is 0 Å². The molecular formula is C71H57N5. The van der Waals surface area contributed by atoms with Crippen LogP contribution in [-0.2, 0) is 10.8 Å². The largest absolute Gasteiger partial charge is 0.309 e. The molecular weight excluding hydrogens is 923 g/mol. The first-order valence-corrected chi connectivity index (χ1v) is 26.3. The number of para-hydroxylation sites is 1. The molecule has 0 amide bonds. The van der Waals surface area contributed by atoms with Crippen molar-refractivity contribution in [3.05, 3.63) is 248 Å². The fourth-order valence-corrected chi connectivity index (χ4v) is 11.2. The first kappa shape index (κ1) is 46.6. The lowest BCUT2D eigenvalue weighted by atomic mass is 9.85. The summed E-state index contributed by atoms with van der Waals surface area (Å²) in [7, 11) is 0. The monoisotopic (exact) mass is 979 g/mol. The third-order valence-electron chi connectivity index (χ3n) is 15.1. The van der Waals surface area contributed by atoms with E-state index in [-0.39, 0.29) is 10.8 Å². The highest BCUT2D eigenvalue weighted by Crippen LogP contribution is 2.43. The van der Waals surface area contributed by atoms with Gasteiger partial charge in [-0.2, -0.15) is 9.97 Å². The van der Waals surface area contributed by atoms with Gasteiger partial charge in [0.15, 0.2) is 11.6 Å². The van der Waals surface area contributed by atoms with Crippen LogP contribution >= 0.6 is 0 Å². The molecule has 0 saturated carbocycles. The second kappa shape index (κ2) is 18.3. The summed E-state index contributed by atoms with van der Waals surface area (Å²) in [5.74, 6) is 1.73. The minimum atomic E-state index is -0.0213. The van der Waals surface area contributed by atoms with Gasteiger partial charge in [-0.3, -0.25) is 4.57 Å². The van der Waals surface area contributed by atoms with E-state index in [4.69, 9.17) is 15.0 Å². The molecule has 3 heterocycles. The third-order valence-corrected chi connectivity index (χ3v) is 15.1. The average molecular weight is 980 g/mol. The maximum Gasteiger partial charge on any atom is 0.238 e. The van der Waals surface area contributed by atoms with Gasteiger partial charge in [-0.1, -0.05) is 217 Å². The fraction of sp³-hybridized carbons (Fsp3) is 0.113. The van der Waals surface area contributed by atoms with E-state index in [1.807, 2.05) is 18.2 Å². The molecule has 5 heteroatoms. The molecule has 0 aliphatic heterocycles. The van der Waals surface area contributed by atoms with E-state index in [0.717, 1.165) is 60.8 Å². The van der Waals surface area contributed by atoms with Crippen molar-refractivity contribution in [1.29, 1.82) is 0 Å². The molecule has 0 aliphatic carbocycles. The Morgan fingerprint density at radius 3 is 1.09 bits per heavy atom. The Morgan fingerprint density at radius 1 is 0.276 bits per heavy atom. The molecule has 0 unspecified atom stereocenters. The topological polar surface area (TPSA) is 48.5 Å². The van der Waals surface area contributed by atoms with E-state index in [2.05, 4.69) is 269 Å². The Bertz CT molecular complexity index is 4130. The number of hydrogen-bond acceptors (Lipinski definition) is 3. The van der Waals surface area contributed by atoms with Crippen molar-refractivity contribution in [2.45, 2.75) is 52.4 Å². The molecule has 0 aliphatic rings. The van der Waals surface area contributed by atoms with Crippen LogP contribution in [-0.4, -0.2) is 24.1 Å². The lowest BCUT2D eigenvalue weighted by Gasteiger charge is -2.19. The Balaban J connectivity index is 1.07. The van der Waals surface area contributed by atoms with Gasteiger partial charge < -0.3 is 4.57 Å². The maximum absolute atomic E-state index is 5.59. The minimum absolute atomic E-state index is 0.0213. The smallest absolute Gasteiger partial charge is 0.238 e. The van der Waals surface area contributed by atoms with Crippen LogP contribution in [0.15, 0.2) is 237 Å². The van der Waals surface area contributed by atoms with E-state index in [1.165, 1.54) is 55.3 Å². The van der Waals surface area contributed by atoms with Crippen LogP contribution in [0.25, 0.3) is 123 Å². The number of hydrogen-bond donors (Lipinski definition) is 0. The van der Waals surface area contributed by atoms with Crippen LogP contribution in [0.1, 0.15) is 52.7 Å². The SMILES string of the molecule is CC(C)(C)c1ccc2c(c1)c1cc(C(C)(C)C)ccc1n2-c1ccccc1-c1nc(-c2ccccc2)nc(-n2c3ccc(-c4ccccc4-c4ccccc4)cc3c3cc(-c4ccccc4-c4ccccc4)ccc32)n1. The molecule has 0 saturated heterocycles. The number of rotatable bonds is 8. The molecule has 366 valence electrons. The summed E-state index contributed by atoms with van der Waals surface area (Å²) in [4.78, 5) is 16.4. The number of fused-ring (bicyclic) bond motifs is 6. The standard InChI is InChI=1S/C71H57N5/c1-70(2,3)51-36-40-63-60(44-51)61-45-52(71(4,5)6)37-41-64(61)75(63)62-33-21-20-32-57(62)68-72-67(48-26-14-9-15-27-48)73-69(74-68)76-65-38-34-49(55-30-18-16-28-53(55)46-22-10-7-11-23-46)42-58(65)59-43-50(35-39-66(59)76)56-31-19-17-29-54(56)47-24-12-8-13-25-47/h7-45H,1-6H3. The van der Waals surface area contributed by atoms with Crippen LogP contribution < -0.4 is 0 Å². The summed E-state index contributed by atoms with van der Waals surface area (Å²) in [6.07, 6.45) is 0. The zero-order chi connectivity index (χ0) is 51.7. The first-order valence-electron chi connectivity index (χ1n) is 26.3. The van der Waals surface area contributed by atoms with Crippen LogP contribution in [0.3, 0.4) is 0 Å². The summed E-state index contributed by atoms with van der Waals surface area (Å²) in [5, 5.41) is 4.66. The highest BCUT2D eigenvalue weighted by molar-refractivity contribution is 6.13. The first-order chi connectivity index (χ1) is 37.0. The molecule has 0 atom stereocenters. The van der Waals surface area contributed by atoms with Gasteiger partial charge in [0.25, 0.3) is 0 Å². The molecule has 10 aromatic carbocycles. The van der Waals surface area contributed by atoms with Gasteiger partial charge in [0.1, 0.15) is 0 Å². The van der Waals surface area contributed by atoms with Crippen molar-refractivity contribution in [1.82, 2.24) is 24.1 Å². The van der Waals surface area contributed by atoms with Gasteiger partial charge in [0.2, 0.25) is 5.95 Å². The molecule has 0 bridgehead atoms. The van der Waals surface area contributed by atoms with Crippen molar-refractivity contribution in [3.63, 3.8) is 0 Å².